The van der Waals surface area contributed by atoms with Crippen LogP contribution in [0, 0.1) is 0 Å². The van der Waals surface area contributed by atoms with E-state index < -0.39 is 10.1 Å². The maximum Gasteiger partial charge on any atom is 0.325 e. The van der Waals surface area contributed by atoms with E-state index in [9.17, 15) is 8.42 Å². The van der Waals surface area contributed by atoms with Gasteiger partial charge in [-0.2, -0.15) is 8.42 Å². The molecule has 0 spiro atoms. The van der Waals surface area contributed by atoms with E-state index in [-0.39, 0.29) is 0 Å². The Kier molecular flexibility index (Phi) is 3.65. The Hall–Kier alpha value is -0.720. The lowest BCUT2D eigenvalue weighted by molar-refractivity contribution is 0.342. The summed E-state index contributed by atoms with van der Waals surface area (Å²) in [5.41, 5.74) is 1.46. The molecule has 0 aromatic heterocycles. The summed E-state index contributed by atoms with van der Waals surface area (Å²) in [6.07, 6.45) is 1.63. The minimum atomic E-state index is -3.56. The molecular formula is C10H10ClNO3S2. The SMILES string of the molecule is CS(=O)(=O)O/N=C1\CCSc2ccc(Cl)cc21. The van der Waals surface area contributed by atoms with Crippen LogP contribution in [0.25, 0.3) is 0 Å². The van der Waals surface area contributed by atoms with E-state index in [2.05, 4.69) is 9.44 Å². The molecule has 0 aliphatic carbocycles. The van der Waals surface area contributed by atoms with Crippen molar-refractivity contribution in [3.05, 3.63) is 28.8 Å². The van der Waals surface area contributed by atoms with Crippen LogP contribution in [-0.4, -0.2) is 26.1 Å². The summed E-state index contributed by atoms with van der Waals surface area (Å²) in [5.74, 6) is 0.848. The minimum Gasteiger partial charge on any atom is -0.268 e. The van der Waals surface area contributed by atoms with Crippen LogP contribution in [0.15, 0.2) is 28.3 Å². The average molecular weight is 292 g/mol. The molecule has 2 rings (SSSR count). The van der Waals surface area contributed by atoms with Crippen LogP contribution in [-0.2, 0) is 14.4 Å². The molecule has 1 aliphatic rings. The summed E-state index contributed by atoms with van der Waals surface area (Å²) in [6.45, 7) is 0. The zero-order valence-corrected chi connectivity index (χ0v) is 11.4. The molecule has 1 aromatic carbocycles. The highest BCUT2D eigenvalue weighted by molar-refractivity contribution is 7.99. The highest BCUT2D eigenvalue weighted by Gasteiger charge is 2.17. The van der Waals surface area contributed by atoms with Gasteiger partial charge in [0, 0.05) is 27.7 Å². The first-order valence-electron chi connectivity index (χ1n) is 4.84. The number of thioether (sulfide) groups is 1. The second-order valence-corrected chi connectivity index (χ2v) is 6.69. The van der Waals surface area contributed by atoms with Gasteiger partial charge in [0.2, 0.25) is 0 Å². The standard InChI is InChI=1S/C10H10ClNO3S2/c1-17(13,14)15-12-9-4-5-16-10-3-2-7(11)6-8(9)10/h2-3,6H,4-5H2,1H3/b12-9+. The third-order valence-electron chi connectivity index (χ3n) is 2.13. The van der Waals surface area contributed by atoms with Crippen LogP contribution in [0.1, 0.15) is 12.0 Å². The maximum atomic E-state index is 10.9. The highest BCUT2D eigenvalue weighted by Crippen LogP contribution is 2.32. The molecule has 0 amide bonds. The van der Waals surface area contributed by atoms with E-state index in [0.717, 1.165) is 22.5 Å². The molecule has 1 aromatic rings. The first-order chi connectivity index (χ1) is 7.96. The topological polar surface area (TPSA) is 55.7 Å². The Balaban J connectivity index is 2.37. The number of halogens is 1. The molecule has 0 bridgehead atoms. The predicted molar refractivity (Wildman–Crippen MR) is 69.3 cm³/mol. The van der Waals surface area contributed by atoms with Crippen molar-refractivity contribution in [2.75, 3.05) is 12.0 Å². The van der Waals surface area contributed by atoms with Crippen molar-refractivity contribution in [3.63, 3.8) is 0 Å². The largest absolute Gasteiger partial charge is 0.325 e. The monoisotopic (exact) mass is 291 g/mol. The van der Waals surface area contributed by atoms with Gasteiger partial charge in [-0.25, -0.2) is 0 Å². The van der Waals surface area contributed by atoms with Crippen molar-refractivity contribution < 1.29 is 12.7 Å². The number of benzene rings is 1. The molecule has 0 saturated carbocycles. The predicted octanol–water partition coefficient (Wildman–Crippen LogP) is 2.52. The molecule has 0 atom stereocenters. The van der Waals surface area contributed by atoms with E-state index in [4.69, 9.17) is 11.6 Å². The summed E-state index contributed by atoms with van der Waals surface area (Å²) >= 11 is 7.60. The first-order valence-corrected chi connectivity index (χ1v) is 8.02. The quantitative estimate of drug-likeness (QED) is 0.786. The lowest BCUT2D eigenvalue weighted by atomic mass is 10.1. The molecule has 0 saturated heterocycles. The fourth-order valence-electron chi connectivity index (χ4n) is 1.45. The molecule has 1 aliphatic heterocycles. The smallest absolute Gasteiger partial charge is 0.268 e. The van der Waals surface area contributed by atoms with Gasteiger partial charge in [-0.3, -0.25) is 4.28 Å². The van der Waals surface area contributed by atoms with Crippen molar-refractivity contribution in [2.45, 2.75) is 11.3 Å². The van der Waals surface area contributed by atoms with Crippen LogP contribution in [0.4, 0.5) is 0 Å². The fourth-order valence-corrected chi connectivity index (χ4v) is 2.86. The Bertz CT molecular complexity index is 569. The Morgan fingerprint density at radius 1 is 1.47 bits per heavy atom. The zero-order valence-electron chi connectivity index (χ0n) is 9.01. The molecule has 0 fully saturated rings. The molecule has 4 nitrogen and oxygen atoms in total. The third kappa shape index (κ3) is 3.37. The number of rotatable bonds is 2. The minimum absolute atomic E-state index is 0.596. The molecule has 1 heterocycles. The van der Waals surface area contributed by atoms with Crippen molar-refractivity contribution >= 4 is 39.2 Å². The zero-order chi connectivity index (χ0) is 12.5. The summed E-state index contributed by atoms with van der Waals surface area (Å²) in [6, 6.07) is 5.47. The van der Waals surface area contributed by atoms with Gasteiger partial charge in [0.1, 0.15) is 0 Å². The van der Waals surface area contributed by atoms with Gasteiger partial charge in [0.05, 0.1) is 12.0 Å². The number of hydrogen-bond acceptors (Lipinski definition) is 5. The summed E-state index contributed by atoms with van der Waals surface area (Å²) < 4.78 is 26.3. The van der Waals surface area contributed by atoms with E-state index in [1.165, 1.54) is 0 Å². The Morgan fingerprint density at radius 2 is 2.24 bits per heavy atom. The third-order valence-corrected chi connectivity index (χ3v) is 3.79. The summed E-state index contributed by atoms with van der Waals surface area (Å²) in [5, 5.41) is 4.29. The Labute approximate surface area is 109 Å². The summed E-state index contributed by atoms with van der Waals surface area (Å²) in [4.78, 5) is 1.04. The van der Waals surface area contributed by atoms with E-state index >= 15 is 0 Å². The average Bonchev–Trinajstić information content (AvgIpc) is 2.25. The maximum absolute atomic E-state index is 10.9. The summed E-state index contributed by atoms with van der Waals surface area (Å²) in [7, 11) is -3.56. The van der Waals surface area contributed by atoms with Gasteiger partial charge in [-0.1, -0.05) is 16.8 Å². The van der Waals surface area contributed by atoms with E-state index in [1.807, 2.05) is 6.07 Å². The van der Waals surface area contributed by atoms with Gasteiger partial charge >= 0.3 is 10.1 Å². The van der Waals surface area contributed by atoms with Crippen molar-refractivity contribution in [2.24, 2.45) is 5.16 Å². The molecule has 7 heteroatoms. The normalized spacial score (nSPS) is 17.9. The molecular weight excluding hydrogens is 282 g/mol. The van der Waals surface area contributed by atoms with Gasteiger partial charge < -0.3 is 0 Å². The van der Waals surface area contributed by atoms with Crippen LogP contribution >= 0.6 is 23.4 Å². The number of hydrogen-bond donors (Lipinski definition) is 0. The van der Waals surface area contributed by atoms with Crippen LogP contribution in [0.2, 0.25) is 5.02 Å². The van der Waals surface area contributed by atoms with Crippen LogP contribution < -0.4 is 0 Å². The number of nitrogens with zero attached hydrogens (tertiary/aromatic N) is 1. The van der Waals surface area contributed by atoms with Gasteiger partial charge in [0.15, 0.2) is 0 Å². The van der Waals surface area contributed by atoms with Gasteiger partial charge in [-0.05, 0) is 18.2 Å². The van der Waals surface area contributed by atoms with Crippen LogP contribution in [0.5, 0.6) is 0 Å². The van der Waals surface area contributed by atoms with Crippen LogP contribution in [0.3, 0.4) is 0 Å². The van der Waals surface area contributed by atoms with Gasteiger partial charge in [0.25, 0.3) is 0 Å². The molecule has 0 unspecified atom stereocenters. The lowest BCUT2D eigenvalue weighted by Gasteiger charge is -2.16. The van der Waals surface area contributed by atoms with Crippen molar-refractivity contribution in [3.8, 4) is 0 Å². The lowest BCUT2D eigenvalue weighted by Crippen LogP contribution is -2.11. The second-order valence-electron chi connectivity index (χ2n) is 3.56. The molecule has 0 N–H and O–H groups in total. The Morgan fingerprint density at radius 3 is 2.94 bits per heavy atom. The van der Waals surface area contributed by atoms with Gasteiger partial charge in [-0.15, -0.1) is 11.8 Å². The number of fused-ring (bicyclic) bond motifs is 1. The van der Waals surface area contributed by atoms with Crippen molar-refractivity contribution in [1.82, 2.24) is 0 Å². The van der Waals surface area contributed by atoms with Crippen molar-refractivity contribution in [1.29, 1.82) is 0 Å². The highest BCUT2D eigenvalue weighted by atomic mass is 35.5. The number of oxime groups is 1. The second kappa shape index (κ2) is 4.88. The van der Waals surface area contributed by atoms with E-state index in [1.54, 1.807) is 23.9 Å². The molecule has 17 heavy (non-hydrogen) atoms. The first kappa shape index (κ1) is 12.7. The molecule has 92 valence electrons. The van der Waals surface area contributed by atoms with E-state index in [0.29, 0.717) is 17.2 Å². The molecule has 0 radical (unpaired) electrons. The fraction of sp³-hybridized carbons (Fsp3) is 0.300.